The molecule has 2 aromatic rings. The highest BCUT2D eigenvalue weighted by Gasteiger charge is 2.25. The molecule has 21 heavy (non-hydrogen) atoms. The number of phenols is 1. The molecule has 7 heteroatoms. The van der Waals surface area contributed by atoms with E-state index >= 15 is 0 Å². The van der Waals surface area contributed by atoms with Crippen LogP contribution in [-0.4, -0.2) is 16.0 Å². The summed E-state index contributed by atoms with van der Waals surface area (Å²) in [5, 5.41) is 12.7. The second-order valence-corrected chi connectivity index (χ2v) is 6.47. The van der Waals surface area contributed by atoms with Gasteiger partial charge in [-0.05, 0) is 67.8 Å². The van der Waals surface area contributed by atoms with Gasteiger partial charge in [-0.25, -0.2) is 4.98 Å². The predicted octanol–water partition coefficient (Wildman–Crippen LogP) is 4.46. The lowest BCUT2D eigenvalue weighted by Gasteiger charge is -2.03. The molecule has 3 rings (SSSR count). The van der Waals surface area contributed by atoms with Crippen LogP contribution in [0.3, 0.4) is 0 Å². The van der Waals surface area contributed by atoms with Gasteiger partial charge in [-0.3, -0.25) is 4.79 Å². The van der Waals surface area contributed by atoms with Crippen molar-refractivity contribution in [1.29, 1.82) is 0 Å². The molecule has 1 aliphatic rings. The van der Waals surface area contributed by atoms with Crippen LogP contribution in [0.15, 0.2) is 33.2 Å². The van der Waals surface area contributed by atoms with Gasteiger partial charge < -0.3 is 10.4 Å². The number of halogens is 3. The van der Waals surface area contributed by atoms with E-state index in [4.69, 9.17) is 11.6 Å². The van der Waals surface area contributed by atoms with E-state index < -0.39 is 0 Å². The number of rotatable bonds is 1. The molecule has 4 nitrogen and oxygen atoms in total. The van der Waals surface area contributed by atoms with Crippen molar-refractivity contribution in [2.45, 2.75) is 0 Å². The van der Waals surface area contributed by atoms with Gasteiger partial charge in [-0.1, -0.05) is 11.6 Å². The predicted molar refractivity (Wildman–Crippen MR) is 89.3 cm³/mol. The first kappa shape index (κ1) is 14.6. The monoisotopic (exact) mass is 428 g/mol. The van der Waals surface area contributed by atoms with Gasteiger partial charge in [0, 0.05) is 5.56 Å². The van der Waals surface area contributed by atoms with Crippen LogP contribution in [0, 0.1) is 0 Å². The summed E-state index contributed by atoms with van der Waals surface area (Å²) in [6.07, 6.45) is 1.73. The van der Waals surface area contributed by atoms with Crippen LogP contribution in [0.2, 0.25) is 5.15 Å². The Balaban J connectivity index is 2.11. The zero-order chi connectivity index (χ0) is 15.1. The number of nitrogens with one attached hydrogen (secondary N) is 1. The van der Waals surface area contributed by atoms with Gasteiger partial charge in [0.1, 0.15) is 16.7 Å². The summed E-state index contributed by atoms with van der Waals surface area (Å²) in [5.41, 5.74) is 1.96. The van der Waals surface area contributed by atoms with Crippen LogP contribution in [0.5, 0.6) is 5.75 Å². The summed E-state index contributed by atoms with van der Waals surface area (Å²) in [6, 6.07) is 6.83. The van der Waals surface area contributed by atoms with Crippen molar-refractivity contribution in [3.8, 4) is 5.75 Å². The van der Waals surface area contributed by atoms with Crippen LogP contribution in [-0.2, 0) is 4.79 Å². The minimum atomic E-state index is -0.236. The van der Waals surface area contributed by atoms with Crippen LogP contribution in [0.25, 0.3) is 11.6 Å². The Morgan fingerprint density at radius 3 is 2.57 bits per heavy atom. The van der Waals surface area contributed by atoms with Gasteiger partial charge in [-0.15, -0.1) is 0 Å². The molecular weight excluding hydrogens is 423 g/mol. The normalized spacial score (nSPS) is 15.2. The molecule has 0 saturated heterocycles. The van der Waals surface area contributed by atoms with Crippen molar-refractivity contribution in [1.82, 2.24) is 4.98 Å². The number of anilines is 1. The Morgan fingerprint density at radius 1 is 1.24 bits per heavy atom. The molecular formula is C14H7Br2ClN2O2. The fourth-order valence-corrected chi connectivity index (χ4v) is 3.39. The number of benzene rings is 1. The van der Waals surface area contributed by atoms with Crippen LogP contribution < -0.4 is 5.32 Å². The quantitative estimate of drug-likeness (QED) is 0.519. The molecule has 2 heterocycles. The van der Waals surface area contributed by atoms with E-state index in [9.17, 15) is 9.90 Å². The Kier molecular flexibility index (Phi) is 3.77. The van der Waals surface area contributed by atoms with Crippen molar-refractivity contribution >= 4 is 66.8 Å². The minimum Gasteiger partial charge on any atom is -0.506 e. The van der Waals surface area contributed by atoms with E-state index in [1.165, 1.54) is 0 Å². The van der Waals surface area contributed by atoms with E-state index in [0.717, 1.165) is 5.56 Å². The minimum absolute atomic E-state index is 0.113. The van der Waals surface area contributed by atoms with E-state index in [-0.39, 0.29) is 11.7 Å². The first-order valence-electron chi connectivity index (χ1n) is 5.83. The highest BCUT2D eigenvalue weighted by atomic mass is 79.9. The number of hydrogen-bond acceptors (Lipinski definition) is 3. The maximum absolute atomic E-state index is 12.0. The molecule has 0 spiro atoms. The van der Waals surface area contributed by atoms with Crippen molar-refractivity contribution < 1.29 is 9.90 Å². The summed E-state index contributed by atoms with van der Waals surface area (Å²) in [6.45, 7) is 0. The zero-order valence-electron chi connectivity index (χ0n) is 10.3. The van der Waals surface area contributed by atoms with Gasteiger partial charge >= 0.3 is 0 Å². The number of pyridine rings is 1. The molecule has 0 aliphatic carbocycles. The second-order valence-electron chi connectivity index (χ2n) is 4.38. The van der Waals surface area contributed by atoms with Gasteiger partial charge in [0.15, 0.2) is 0 Å². The number of phenolic OH excluding ortho intramolecular Hbond substituents is 1. The molecule has 0 radical (unpaired) electrons. The number of amides is 1. The average Bonchev–Trinajstić information content (AvgIpc) is 2.71. The molecule has 0 saturated carbocycles. The molecule has 2 N–H and O–H groups in total. The number of carbonyl (C=O) groups excluding carboxylic acids is 1. The molecule has 1 amide bonds. The smallest absolute Gasteiger partial charge is 0.257 e. The Hall–Kier alpha value is -1.37. The summed E-state index contributed by atoms with van der Waals surface area (Å²) in [7, 11) is 0. The van der Waals surface area contributed by atoms with Crippen LogP contribution in [0.4, 0.5) is 5.82 Å². The Labute approximate surface area is 142 Å². The van der Waals surface area contributed by atoms with E-state index in [1.807, 2.05) is 0 Å². The number of aromatic hydroxyl groups is 1. The molecule has 0 bridgehead atoms. The summed E-state index contributed by atoms with van der Waals surface area (Å²) in [5.74, 6) is 0.331. The van der Waals surface area contributed by atoms with E-state index in [1.54, 1.807) is 30.3 Å². The largest absolute Gasteiger partial charge is 0.506 e. The van der Waals surface area contributed by atoms with Crippen molar-refractivity contribution in [3.05, 3.63) is 49.5 Å². The topological polar surface area (TPSA) is 62.2 Å². The summed E-state index contributed by atoms with van der Waals surface area (Å²) in [4.78, 5) is 16.1. The standard InChI is InChI=1S/C14H7Br2ClN2O2/c15-9-4-6(5-10(16)12(9)20)3-8-7-1-2-11(17)18-13(7)19-14(8)21/h1-5,20H,(H,18,19,21)/b8-3+. The molecule has 1 aromatic carbocycles. The van der Waals surface area contributed by atoms with Gasteiger partial charge in [0.25, 0.3) is 5.91 Å². The zero-order valence-corrected chi connectivity index (χ0v) is 14.3. The Morgan fingerprint density at radius 2 is 1.90 bits per heavy atom. The summed E-state index contributed by atoms with van der Waals surface area (Å²) < 4.78 is 1.08. The Bertz CT molecular complexity index is 783. The van der Waals surface area contributed by atoms with Crippen LogP contribution >= 0.6 is 43.5 Å². The molecule has 106 valence electrons. The van der Waals surface area contributed by atoms with Crippen molar-refractivity contribution in [2.75, 3.05) is 5.32 Å². The third-order valence-electron chi connectivity index (χ3n) is 2.98. The van der Waals surface area contributed by atoms with Crippen molar-refractivity contribution in [2.24, 2.45) is 0 Å². The fourth-order valence-electron chi connectivity index (χ4n) is 2.02. The number of hydrogen-bond donors (Lipinski definition) is 2. The van der Waals surface area contributed by atoms with Gasteiger partial charge in [0.05, 0.1) is 14.5 Å². The lowest BCUT2D eigenvalue weighted by Crippen LogP contribution is -2.04. The fraction of sp³-hybridized carbons (Fsp3) is 0. The lowest BCUT2D eigenvalue weighted by atomic mass is 10.1. The second kappa shape index (κ2) is 5.44. The maximum atomic E-state index is 12.0. The SMILES string of the molecule is O=C1Nc2nc(Cl)ccc2/C1=C\c1cc(Br)c(O)c(Br)c1. The molecule has 0 unspecified atom stereocenters. The number of fused-ring (bicyclic) bond motifs is 1. The van der Waals surface area contributed by atoms with Gasteiger partial charge in [0.2, 0.25) is 0 Å². The molecule has 0 atom stereocenters. The molecule has 1 aliphatic heterocycles. The maximum Gasteiger partial charge on any atom is 0.257 e. The highest BCUT2D eigenvalue weighted by molar-refractivity contribution is 9.11. The highest BCUT2D eigenvalue weighted by Crippen LogP contribution is 2.36. The molecule has 0 fully saturated rings. The lowest BCUT2D eigenvalue weighted by molar-refractivity contribution is -0.110. The number of aromatic nitrogens is 1. The summed E-state index contributed by atoms with van der Waals surface area (Å²) >= 11 is 12.3. The van der Waals surface area contributed by atoms with Gasteiger partial charge in [-0.2, -0.15) is 0 Å². The molecule has 1 aromatic heterocycles. The number of nitrogens with zero attached hydrogens (tertiary/aromatic N) is 1. The van der Waals surface area contributed by atoms with E-state index in [2.05, 4.69) is 42.2 Å². The third kappa shape index (κ3) is 2.71. The van der Waals surface area contributed by atoms with Crippen LogP contribution in [0.1, 0.15) is 11.1 Å². The van der Waals surface area contributed by atoms with E-state index in [0.29, 0.717) is 31.1 Å². The van der Waals surface area contributed by atoms with Crippen molar-refractivity contribution in [3.63, 3.8) is 0 Å². The average molecular weight is 430 g/mol. The third-order valence-corrected chi connectivity index (χ3v) is 4.40. The first-order chi connectivity index (χ1) is 9.95. The first-order valence-corrected chi connectivity index (χ1v) is 7.80. The number of carbonyl (C=O) groups is 1.